The molecule has 2 aromatic rings. The Balaban J connectivity index is 1.60. The van der Waals surface area contributed by atoms with Crippen molar-refractivity contribution < 1.29 is 9.59 Å². The summed E-state index contributed by atoms with van der Waals surface area (Å²) in [5.74, 6) is -0.0352. The van der Waals surface area contributed by atoms with E-state index in [0.717, 1.165) is 5.69 Å². The van der Waals surface area contributed by atoms with Gasteiger partial charge in [0, 0.05) is 32.5 Å². The fourth-order valence-electron chi connectivity index (χ4n) is 3.68. The molecule has 0 saturated carbocycles. The molecule has 2 amide bonds. The van der Waals surface area contributed by atoms with Crippen molar-refractivity contribution in [1.29, 1.82) is 0 Å². The molecule has 0 bridgehead atoms. The van der Waals surface area contributed by atoms with E-state index in [9.17, 15) is 9.59 Å². The molecule has 0 aliphatic carbocycles. The van der Waals surface area contributed by atoms with E-state index in [1.807, 2.05) is 13.1 Å². The monoisotopic (exact) mass is 311 g/mol. The van der Waals surface area contributed by atoms with Gasteiger partial charge >= 0.3 is 0 Å². The fourth-order valence-corrected chi connectivity index (χ4v) is 3.68. The first kappa shape index (κ1) is 13.9. The van der Waals surface area contributed by atoms with Gasteiger partial charge in [-0.1, -0.05) is 0 Å². The standard InChI is InChI=1S/C16H17N5O2/c1-20-14(22)11-3-2-7-17-13(11)16(20)5-9-21(10-6-16)15(23)12-4-8-18-19-12/h2-4,7-8H,5-6,9-10H2,1H3,(H,18,19). The van der Waals surface area contributed by atoms with Crippen LogP contribution >= 0.6 is 0 Å². The fraction of sp³-hybridized carbons (Fsp3) is 0.375. The van der Waals surface area contributed by atoms with E-state index in [1.54, 1.807) is 34.3 Å². The maximum Gasteiger partial charge on any atom is 0.271 e. The summed E-state index contributed by atoms with van der Waals surface area (Å²) in [5.41, 5.74) is 1.64. The van der Waals surface area contributed by atoms with Crippen LogP contribution in [-0.2, 0) is 5.54 Å². The van der Waals surface area contributed by atoms with Gasteiger partial charge in [-0.3, -0.25) is 19.7 Å². The molecule has 4 rings (SSSR count). The average molecular weight is 311 g/mol. The molecule has 7 heteroatoms. The van der Waals surface area contributed by atoms with Gasteiger partial charge in [0.15, 0.2) is 0 Å². The molecule has 1 saturated heterocycles. The number of likely N-dealkylation sites (tertiary alicyclic amines) is 1. The minimum atomic E-state index is -0.390. The summed E-state index contributed by atoms with van der Waals surface area (Å²) < 4.78 is 0. The molecular weight excluding hydrogens is 294 g/mol. The molecule has 0 radical (unpaired) electrons. The number of amides is 2. The van der Waals surface area contributed by atoms with Crippen LogP contribution in [0.2, 0.25) is 0 Å². The molecule has 1 fully saturated rings. The lowest BCUT2D eigenvalue weighted by molar-refractivity contribution is 0.0333. The van der Waals surface area contributed by atoms with Gasteiger partial charge in [-0.25, -0.2) is 0 Å². The smallest absolute Gasteiger partial charge is 0.271 e. The summed E-state index contributed by atoms with van der Waals surface area (Å²) >= 11 is 0. The van der Waals surface area contributed by atoms with Crippen LogP contribution < -0.4 is 0 Å². The highest BCUT2D eigenvalue weighted by Crippen LogP contribution is 2.44. The number of nitrogens with zero attached hydrogens (tertiary/aromatic N) is 4. The maximum atomic E-state index is 12.5. The van der Waals surface area contributed by atoms with E-state index in [-0.39, 0.29) is 11.8 Å². The molecule has 4 heterocycles. The molecule has 1 N–H and O–H groups in total. The van der Waals surface area contributed by atoms with Gasteiger partial charge < -0.3 is 9.80 Å². The topological polar surface area (TPSA) is 82.2 Å². The molecule has 2 aromatic heterocycles. The van der Waals surface area contributed by atoms with Crippen molar-refractivity contribution >= 4 is 11.8 Å². The van der Waals surface area contributed by atoms with Gasteiger partial charge in [-0.05, 0) is 31.0 Å². The maximum absolute atomic E-state index is 12.5. The number of piperidine rings is 1. The van der Waals surface area contributed by atoms with Crippen LogP contribution in [-0.4, -0.2) is 56.9 Å². The largest absolute Gasteiger partial charge is 0.337 e. The molecular formula is C16H17N5O2. The number of hydrogen-bond donors (Lipinski definition) is 1. The van der Waals surface area contributed by atoms with Crippen molar-refractivity contribution in [2.75, 3.05) is 20.1 Å². The van der Waals surface area contributed by atoms with Crippen LogP contribution in [0.1, 0.15) is 39.4 Å². The number of H-pyrrole nitrogens is 1. The Hall–Kier alpha value is -2.70. The van der Waals surface area contributed by atoms with Crippen LogP contribution in [0, 0.1) is 0 Å². The Morgan fingerprint density at radius 2 is 2.04 bits per heavy atom. The number of rotatable bonds is 1. The molecule has 1 spiro atoms. The van der Waals surface area contributed by atoms with Crippen LogP contribution in [0.4, 0.5) is 0 Å². The van der Waals surface area contributed by atoms with E-state index >= 15 is 0 Å². The third-order valence-electron chi connectivity index (χ3n) is 5.03. The Morgan fingerprint density at radius 3 is 2.74 bits per heavy atom. The minimum Gasteiger partial charge on any atom is -0.337 e. The SMILES string of the molecule is CN1C(=O)c2cccnc2C12CCN(C(=O)c1ccn[nH]1)CC2. The van der Waals surface area contributed by atoms with Crippen molar-refractivity contribution in [3.05, 3.63) is 47.5 Å². The third-order valence-corrected chi connectivity index (χ3v) is 5.03. The number of fused-ring (bicyclic) bond motifs is 2. The van der Waals surface area contributed by atoms with Crippen molar-refractivity contribution in [1.82, 2.24) is 25.0 Å². The normalized spacial score (nSPS) is 19.3. The first-order chi connectivity index (χ1) is 11.1. The van der Waals surface area contributed by atoms with E-state index in [0.29, 0.717) is 37.2 Å². The van der Waals surface area contributed by atoms with Gasteiger partial charge in [0.25, 0.3) is 11.8 Å². The van der Waals surface area contributed by atoms with Crippen molar-refractivity contribution in [2.24, 2.45) is 0 Å². The predicted octanol–water partition coefficient (Wildman–Crippen LogP) is 1.02. The number of hydrogen-bond acceptors (Lipinski definition) is 4. The van der Waals surface area contributed by atoms with Crippen LogP contribution in [0.3, 0.4) is 0 Å². The molecule has 118 valence electrons. The van der Waals surface area contributed by atoms with E-state index in [4.69, 9.17) is 0 Å². The van der Waals surface area contributed by atoms with Crippen molar-refractivity contribution in [3.63, 3.8) is 0 Å². The zero-order valence-corrected chi connectivity index (χ0v) is 12.8. The highest BCUT2D eigenvalue weighted by atomic mass is 16.2. The lowest BCUT2D eigenvalue weighted by atomic mass is 9.84. The molecule has 0 aromatic carbocycles. The first-order valence-corrected chi connectivity index (χ1v) is 7.66. The summed E-state index contributed by atoms with van der Waals surface area (Å²) in [5, 5.41) is 6.53. The van der Waals surface area contributed by atoms with E-state index in [1.165, 1.54) is 0 Å². The second-order valence-electron chi connectivity index (χ2n) is 6.06. The van der Waals surface area contributed by atoms with Gasteiger partial charge in [0.2, 0.25) is 0 Å². The van der Waals surface area contributed by atoms with Crippen LogP contribution in [0.5, 0.6) is 0 Å². The van der Waals surface area contributed by atoms with Crippen molar-refractivity contribution in [2.45, 2.75) is 18.4 Å². The van der Waals surface area contributed by atoms with E-state index < -0.39 is 5.54 Å². The van der Waals surface area contributed by atoms with Crippen LogP contribution in [0.25, 0.3) is 0 Å². The average Bonchev–Trinajstić information content (AvgIpc) is 3.20. The molecule has 2 aliphatic heterocycles. The molecule has 7 nitrogen and oxygen atoms in total. The summed E-state index contributed by atoms with van der Waals surface area (Å²) in [6.07, 6.45) is 4.69. The lowest BCUT2D eigenvalue weighted by Gasteiger charge is -2.43. The highest BCUT2D eigenvalue weighted by Gasteiger charge is 2.50. The van der Waals surface area contributed by atoms with Gasteiger partial charge in [-0.15, -0.1) is 0 Å². The lowest BCUT2D eigenvalue weighted by Crippen LogP contribution is -2.51. The first-order valence-electron chi connectivity index (χ1n) is 7.66. The molecule has 0 unspecified atom stereocenters. The summed E-state index contributed by atoms with van der Waals surface area (Å²) in [6, 6.07) is 5.30. The predicted molar refractivity (Wildman–Crippen MR) is 81.7 cm³/mol. The number of carbonyl (C=O) groups is 2. The quantitative estimate of drug-likeness (QED) is 0.852. The Kier molecular flexibility index (Phi) is 2.97. The Morgan fingerprint density at radius 1 is 1.26 bits per heavy atom. The second-order valence-corrected chi connectivity index (χ2v) is 6.06. The van der Waals surface area contributed by atoms with Crippen LogP contribution in [0.15, 0.2) is 30.6 Å². The zero-order chi connectivity index (χ0) is 16.0. The summed E-state index contributed by atoms with van der Waals surface area (Å²) in [7, 11) is 1.83. The van der Waals surface area contributed by atoms with Crippen molar-refractivity contribution in [3.8, 4) is 0 Å². The Labute approximate surface area is 133 Å². The van der Waals surface area contributed by atoms with Gasteiger partial charge in [0.1, 0.15) is 5.69 Å². The number of carbonyl (C=O) groups excluding carboxylic acids is 2. The highest BCUT2D eigenvalue weighted by molar-refractivity contribution is 5.99. The summed E-state index contributed by atoms with van der Waals surface area (Å²) in [6.45, 7) is 1.18. The van der Waals surface area contributed by atoms with E-state index in [2.05, 4.69) is 15.2 Å². The number of pyridine rings is 1. The Bertz CT molecular complexity index is 763. The summed E-state index contributed by atoms with van der Waals surface area (Å²) in [4.78, 5) is 33.0. The van der Waals surface area contributed by atoms with Gasteiger partial charge in [0.05, 0.1) is 16.8 Å². The number of nitrogens with one attached hydrogen (secondary N) is 1. The molecule has 23 heavy (non-hydrogen) atoms. The second kappa shape index (κ2) is 4.91. The number of aromatic amines is 1. The molecule has 0 atom stereocenters. The van der Waals surface area contributed by atoms with Gasteiger partial charge in [-0.2, -0.15) is 5.10 Å². The number of aromatic nitrogens is 3. The zero-order valence-electron chi connectivity index (χ0n) is 12.8. The third kappa shape index (κ3) is 1.89. The molecule has 2 aliphatic rings. The minimum absolute atomic E-state index is 0.0152.